The monoisotopic (exact) mass is 262 g/mol. The standard InChI is InChI=1S/C14H22N4O/c1-5-6-18-13(16-8-17-18)7-12(15)14-9(2)10(3)19-11(14)4/h8,12H,5-7,15H2,1-4H3. The second-order valence-electron chi connectivity index (χ2n) is 4.96. The first-order valence-corrected chi connectivity index (χ1v) is 6.73. The normalized spacial score (nSPS) is 12.9. The molecule has 5 nitrogen and oxygen atoms in total. The lowest BCUT2D eigenvalue weighted by atomic mass is 10.00. The number of furan rings is 1. The van der Waals surface area contributed by atoms with Crippen LogP contribution in [-0.4, -0.2) is 14.8 Å². The second kappa shape index (κ2) is 5.57. The molecule has 0 amide bonds. The summed E-state index contributed by atoms with van der Waals surface area (Å²) >= 11 is 0. The zero-order valence-corrected chi connectivity index (χ0v) is 12.1. The molecule has 2 aromatic heterocycles. The lowest BCUT2D eigenvalue weighted by Crippen LogP contribution is -2.18. The van der Waals surface area contributed by atoms with E-state index < -0.39 is 0 Å². The summed E-state index contributed by atoms with van der Waals surface area (Å²) in [5.41, 5.74) is 8.57. The van der Waals surface area contributed by atoms with Crippen LogP contribution in [0, 0.1) is 20.8 Å². The van der Waals surface area contributed by atoms with E-state index in [1.165, 1.54) is 0 Å². The van der Waals surface area contributed by atoms with Crippen molar-refractivity contribution >= 4 is 0 Å². The van der Waals surface area contributed by atoms with Gasteiger partial charge >= 0.3 is 0 Å². The highest BCUT2D eigenvalue weighted by atomic mass is 16.3. The Morgan fingerprint density at radius 3 is 2.63 bits per heavy atom. The van der Waals surface area contributed by atoms with Crippen LogP contribution in [0.15, 0.2) is 10.7 Å². The van der Waals surface area contributed by atoms with Crippen molar-refractivity contribution in [2.45, 2.75) is 53.1 Å². The minimum atomic E-state index is -0.0998. The third-order valence-electron chi connectivity index (χ3n) is 3.52. The largest absolute Gasteiger partial charge is 0.466 e. The van der Waals surface area contributed by atoms with Gasteiger partial charge in [-0.25, -0.2) is 4.98 Å². The number of hydrogen-bond donors (Lipinski definition) is 1. The molecule has 0 aliphatic heterocycles. The SMILES string of the molecule is CCCn1ncnc1CC(N)c1c(C)oc(C)c1C. The highest BCUT2D eigenvalue weighted by Gasteiger charge is 2.20. The lowest BCUT2D eigenvalue weighted by Gasteiger charge is -2.12. The van der Waals surface area contributed by atoms with Crippen LogP contribution in [0.1, 0.15) is 47.9 Å². The van der Waals surface area contributed by atoms with Gasteiger partial charge in [0, 0.05) is 24.6 Å². The van der Waals surface area contributed by atoms with E-state index in [9.17, 15) is 0 Å². The average molecular weight is 262 g/mol. The quantitative estimate of drug-likeness (QED) is 0.898. The topological polar surface area (TPSA) is 69.9 Å². The molecule has 0 aliphatic carbocycles. The maximum absolute atomic E-state index is 6.33. The molecule has 0 aliphatic rings. The molecule has 0 saturated carbocycles. The van der Waals surface area contributed by atoms with E-state index in [-0.39, 0.29) is 6.04 Å². The van der Waals surface area contributed by atoms with Gasteiger partial charge in [0.2, 0.25) is 0 Å². The predicted octanol–water partition coefficient (Wildman–Crippen LogP) is 2.45. The Morgan fingerprint density at radius 1 is 1.32 bits per heavy atom. The molecule has 2 rings (SSSR count). The molecular weight excluding hydrogens is 240 g/mol. The average Bonchev–Trinajstić information content (AvgIpc) is 2.86. The Hall–Kier alpha value is -1.62. The van der Waals surface area contributed by atoms with Crippen LogP contribution in [0.5, 0.6) is 0 Å². The van der Waals surface area contributed by atoms with Gasteiger partial charge in [0.15, 0.2) is 0 Å². The van der Waals surface area contributed by atoms with Gasteiger partial charge in [-0.3, -0.25) is 4.68 Å². The first-order valence-electron chi connectivity index (χ1n) is 6.73. The van der Waals surface area contributed by atoms with Crippen molar-refractivity contribution in [1.29, 1.82) is 0 Å². The van der Waals surface area contributed by atoms with Crippen molar-refractivity contribution in [1.82, 2.24) is 14.8 Å². The van der Waals surface area contributed by atoms with Gasteiger partial charge in [0.1, 0.15) is 23.7 Å². The summed E-state index contributed by atoms with van der Waals surface area (Å²) in [7, 11) is 0. The molecule has 5 heteroatoms. The molecule has 0 saturated heterocycles. The molecule has 1 unspecified atom stereocenters. The molecule has 104 valence electrons. The number of aryl methyl sites for hydroxylation is 3. The highest BCUT2D eigenvalue weighted by Crippen LogP contribution is 2.27. The van der Waals surface area contributed by atoms with Crippen LogP contribution in [0.3, 0.4) is 0 Å². The molecule has 0 spiro atoms. The van der Waals surface area contributed by atoms with E-state index in [0.717, 1.165) is 41.4 Å². The second-order valence-corrected chi connectivity index (χ2v) is 4.96. The zero-order valence-electron chi connectivity index (χ0n) is 12.1. The van der Waals surface area contributed by atoms with Crippen molar-refractivity contribution in [3.8, 4) is 0 Å². The van der Waals surface area contributed by atoms with Gasteiger partial charge in [-0.2, -0.15) is 5.10 Å². The molecule has 0 bridgehead atoms. The molecule has 0 fully saturated rings. The Bertz CT molecular complexity index is 556. The third-order valence-corrected chi connectivity index (χ3v) is 3.52. The maximum atomic E-state index is 6.33. The number of nitrogens with zero attached hydrogens (tertiary/aromatic N) is 3. The summed E-state index contributed by atoms with van der Waals surface area (Å²) in [4.78, 5) is 4.31. The van der Waals surface area contributed by atoms with Gasteiger partial charge < -0.3 is 10.2 Å². The minimum absolute atomic E-state index is 0.0998. The number of nitrogens with two attached hydrogens (primary N) is 1. The maximum Gasteiger partial charge on any atom is 0.138 e. The van der Waals surface area contributed by atoms with Crippen molar-refractivity contribution in [3.05, 3.63) is 34.8 Å². The fourth-order valence-electron chi connectivity index (χ4n) is 2.50. The summed E-state index contributed by atoms with van der Waals surface area (Å²) in [5.74, 6) is 2.79. The first-order chi connectivity index (χ1) is 9.04. The van der Waals surface area contributed by atoms with Gasteiger partial charge in [-0.1, -0.05) is 6.92 Å². The molecule has 1 atom stereocenters. The third kappa shape index (κ3) is 2.71. The molecule has 2 N–H and O–H groups in total. The van der Waals surface area contributed by atoms with Crippen molar-refractivity contribution in [2.75, 3.05) is 0 Å². The molecule has 19 heavy (non-hydrogen) atoms. The highest BCUT2D eigenvalue weighted by molar-refractivity contribution is 5.34. The summed E-state index contributed by atoms with van der Waals surface area (Å²) in [6, 6.07) is -0.0998. The Balaban J connectivity index is 2.20. The van der Waals surface area contributed by atoms with Crippen LogP contribution in [0.4, 0.5) is 0 Å². The van der Waals surface area contributed by atoms with Crippen LogP contribution in [-0.2, 0) is 13.0 Å². The molecular formula is C14H22N4O. The van der Waals surface area contributed by atoms with Gasteiger partial charge in [0.25, 0.3) is 0 Å². The minimum Gasteiger partial charge on any atom is -0.466 e. The van der Waals surface area contributed by atoms with Crippen LogP contribution in [0.2, 0.25) is 0 Å². The molecule has 2 heterocycles. The molecule has 2 aromatic rings. The van der Waals surface area contributed by atoms with Gasteiger partial charge in [-0.15, -0.1) is 0 Å². The fourth-order valence-corrected chi connectivity index (χ4v) is 2.50. The first kappa shape index (κ1) is 13.8. The van der Waals surface area contributed by atoms with E-state index in [2.05, 4.69) is 23.9 Å². The summed E-state index contributed by atoms with van der Waals surface area (Å²) in [6.07, 6.45) is 3.31. The predicted molar refractivity (Wildman–Crippen MR) is 73.9 cm³/mol. The smallest absolute Gasteiger partial charge is 0.138 e. The number of rotatable bonds is 5. The fraction of sp³-hybridized carbons (Fsp3) is 0.571. The summed E-state index contributed by atoms with van der Waals surface area (Å²) in [5, 5.41) is 4.23. The summed E-state index contributed by atoms with van der Waals surface area (Å²) in [6.45, 7) is 8.99. The van der Waals surface area contributed by atoms with Crippen molar-refractivity contribution in [3.63, 3.8) is 0 Å². The van der Waals surface area contributed by atoms with Gasteiger partial charge in [-0.05, 0) is 32.8 Å². The van der Waals surface area contributed by atoms with Crippen LogP contribution in [0.25, 0.3) is 0 Å². The van der Waals surface area contributed by atoms with Crippen LogP contribution >= 0.6 is 0 Å². The van der Waals surface area contributed by atoms with E-state index in [4.69, 9.17) is 10.2 Å². The van der Waals surface area contributed by atoms with Crippen molar-refractivity contribution < 1.29 is 4.42 Å². The zero-order chi connectivity index (χ0) is 14.0. The number of aromatic nitrogens is 3. The Labute approximate surface area is 113 Å². The van der Waals surface area contributed by atoms with Crippen LogP contribution < -0.4 is 5.73 Å². The van der Waals surface area contributed by atoms with E-state index in [1.54, 1.807) is 6.33 Å². The lowest BCUT2D eigenvalue weighted by molar-refractivity contribution is 0.493. The molecule has 0 aromatic carbocycles. The Kier molecular flexibility index (Phi) is 4.04. The molecule has 0 radical (unpaired) electrons. The Morgan fingerprint density at radius 2 is 2.05 bits per heavy atom. The van der Waals surface area contributed by atoms with E-state index in [1.807, 2.05) is 18.5 Å². The van der Waals surface area contributed by atoms with Crippen molar-refractivity contribution in [2.24, 2.45) is 5.73 Å². The van der Waals surface area contributed by atoms with Gasteiger partial charge in [0.05, 0.1) is 0 Å². The van der Waals surface area contributed by atoms with E-state index in [0.29, 0.717) is 6.42 Å². The number of hydrogen-bond acceptors (Lipinski definition) is 4. The summed E-state index contributed by atoms with van der Waals surface area (Å²) < 4.78 is 7.57. The van der Waals surface area contributed by atoms with E-state index >= 15 is 0 Å².